The van der Waals surface area contributed by atoms with Gasteiger partial charge < -0.3 is 9.15 Å². The number of carbonyl (C=O) groups is 1. The molecule has 0 radical (unpaired) electrons. The minimum Gasteiger partial charge on any atom is -0.456 e. The lowest BCUT2D eigenvalue weighted by molar-refractivity contribution is -0.0328. The molecule has 0 spiro atoms. The van der Waals surface area contributed by atoms with E-state index in [1.807, 2.05) is 0 Å². The normalized spacial score (nSPS) is 12.4. The predicted molar refractivity (Wildman–Crippen MR) is 102 cm³/mol. The van der Waals surface area contributed by atoms with Crippen LogP contribution in [0.3, 0.4) is 0 Å². The van der Waals surface area contributed by atoms with Crippen molar-refractivity contribution in [3.8, 4) is 11.6 Å². The number of benzene rings is 1. The van der Waals surface area contributed by atoms with E-state index in [-0.39, 0.29) is 39.3 Å². The fourth-order valence-corrected chi connectivity index (χ4v) is 3.14. The first-order valence-electron chi connectivity index (χ1n) is 8.00. The number of ether oxygens (including phenoxy) is 1. The Hall–Kier alpha value is -2.20. The van der Waals surface area contributed by atoms with Crippen molar-refractivity contribution in [1.82, 2.24) is 9.97 Å². The van der Waals surface area contributed by atoms with Crippen molar-refractivity contribution in [1.29, 1.82) is 0 Å². The molecule has 2 heterocycles. The summed E-state index contributed by atoms with van der Waals surface area (Å²) in [5.41, 5.74) is -4.00. The largest absolute Gasteiger partial charge is 0.456 e. The lowest BCUT2D eigenvalue weighted by Crippen LogP contribution is -2.24. The van der Waals surface area contributed by atoms with E-state index in [1.54, 1.807) is 20.8 Å². The summed E-state index contributed by atoms with van der Waals surface area (Å²) in [6.07, 6.45) is 1.31. The van der Waals surface area contributed by atoms with Gasteiger partial charge in [-0.1, -0.05) is 0 Å². The van der Waals surface area contributed by atoms with Crippen LogP contribution in [0.1, 0.15) is 31.1 Å². The van der Waals surface area contributed by atoms with Crippen LogP contribution in [0.2, 0.25) is 0 Å². The van der Waals surface area contributed by atoms with Gasteiger partial charge in [-0.05, 0) is 56.8 Å². The number of pyridine rings is 1. The second-order valence-corrected chi connectivity index (χ2v) is 8.41. The molecule has 1 aromatic carbocycles. The maximum absolute atomic E-state index is 12.5. The van der Waals surface area contributed by atoms with Gasteiger partial charge in [-0.2, -0.15) is 13.2 Å². The van der Waals surface area contributed by atoms with Gasteiger partial charge in [0, 0.05) is 16.0 Å². The standard InChI is InChI=1S/C18H15F3N2O3S2/c1-17(2,3)26-16(24)9-6-13(27)14(22-8-9)15-23-11-7-10(28-18(19,20)21)4-5-12(11)25-15/h4-8,27H,1-3H3. The molecule has 0 N–H and O–H groups in total. The van der Waals surface area contributed by atoms with E-state index in [0.717, 1.165) is 0 Å². The number of esters is 1. The third-order valence-corrected chi connectivity index (χ3v) is 4.36. The fraction of sp³-hybridized carbons (Fsp3) is 0.278. The molecule has 2 aromatic heterocycles. The fourth-order valence-electron chi connectivity index (χ4n) is 2.27. The van der Waals surface area contributed by atoms with Gasteiger partial charge in [0.1, 0.15) is 16.8 Å². The van der Waals surface area contributed by atoms with Gasteiger partial charge in [-0.3, -0.25) is 0 Å². The summed E-state index contributed by atoms with van der Waals surface area (Å²) >= 11 is 4.09. The highest BCUT2D eigenvalue weighted by molar-refractivity contribution is 8.00. The van der Waals surface area contributed by atoms with E-state index in [9.17, 15) is 18.0 Å². The summed E-state index contributed by atoms with van der Waals surface area (Å²) in [7, 11) is 0. The summed E-state index contributed by atoms with van der Waals surface area (Å²) in [5.74, 6) is -0.460. The molecule has 0 bridgehead atoms. The summed E-state index contributed by atoms with van der Waals surface area (Å²) in [6.45, 7) is 5.24. The monoisotopic (exact) mass is 428 g/mol. The zero-order valence-corrected chi connectivity index (χ0v) is 16.7. The van der Waals surface area contributed by atoms with Gasteiger partial charge >= 0.3 is 11.5 Å². The number of thiol groups is 1. The second kappa shape index (κ2) is 7.32. The van der Waals surface area contributed by atoms with Crippen molar-refractivity contribution >= 4 is 41.5 Å². The van der Waals surface area contributed by atoms with E-state index in [4.69, 9.17) is 9.15 Å². The van der Waals surface area contributed by atoms with Crippen LogP contribution >= 0.6 is 24.4 Å². The number of thioether (sulfide) groups is 1. The van der Waals surface area contributed by atoms with Crippen molar-refractivity contribution in [3.63, 3.8) is 0 Å². The third-order valence-electron chi connectivity index (χ3n) is 3.30. The van der Waals surface area contributed by atoms with E-state index < -0.39 is 17.1 Å². The van der Waals surface area contributed by atoms with Crippen molar-refractivity contribution in [3.05, 3.63) is 36.0 Å². The molecule has 3 aromatic rings. The number of rotatable bonds is 3. The molecule has 0 aliphatic carbocycles. The van der Waals surface area contributed by atoms with Gasteiger partial charge in [0.05, 0.1) is 5.56 Å². The number of halogens is 3. The summed E-state index contributed by atoms with van der Waals surface area (Å²) in [4.78, 5) is 20.8. The van der Waals surface area contributed by atoms with Crippen LogP contribution in [0.15, 0.2) is 44.7 Å². The Kier molecular flexibility index (Phi) is 5.37. The highest BCUT2D eigenvalue weighted by atomic mass is 32.2. The lowest BCUT2D eigenvalue weighted by Gasteiger charge is -2.19. The number of hydrogen-bond acceptors (Lipinski definition) is 7. The lowest BCUT2D eigenvalue weighted by atomic mass is 10.2. The Bertz CT molecular complexity index is 1040. The molecule has 5 nitrogen and oxygen atoms in total. The molecule has 0 unspecified atom stereocenters. The van der Waals surface area contributed by atoms with Gasteiger partial charge in [-0.25, -0.2) is 14.8 Å². The molecule has 0 amide bonds. The molecule has 0 aliphatic heterocycles. The van der Waals surface area contributed by atoms with Crippen molar-refractivity contribution in [2.45, 2.75) is 41.7 Å². The first-order valence-corrected chi connectivity index (χ1v) is 9.27. The van der Waals surface area contributed by atoms with Crippen LogP contribution < -0.4 is 0 Å². The highest BCUT2D eigenvalue weighted by Crippen LogP contribution is 2.38. The van der Waals surface area contributed by atoms with E-state index in [2.05, 4.69) is 22.6 Å². The maximum Gasteiger partial charge on any atom is 0.446 e. The maximum atomic E-state index is 12.5. The Balaban J connectivity index is 1.91. The van der Waals surface area contributed by atoms with E-state index in [0.29, 0.717) is 10.5 Å². The van der Waals surface area contributed by atoms with Gasteiger partial charge in [0.2, 0.25) is 5.89 Å². The van der Waals surface area contributed by atoms with Crippen LogP contribution in [-0.2, 0) is 4.74 Å². The number of nitrogens with zero attached hydrogens (tertiary/aromatic N) is 2. The molecular formula is C18H15F3N2O3S2. The Morgan fingerprint density at radius 1 is 1.21 bits per heavy atom. The minimum atomic E-state index is -4.39. The minimum absolute atomic E-state index is 0.000759. The zero-order valence-electron chi connectivity index (χ0n) is 15.0. The quantitative estimate of drug-likeness (QED) is 0.326. The van der Waals surface area contributed by atoms with E-state index in [1.165, 1.54) is 30.5 Å². The van der Waals surface area contributed by atoms with Gasteiger partial charge in [0.25, 0.3) is 0 Å². The number of hydrogen-bond donors (Lipinski definition) is 1. The Morgan fingerprint density at radius 3 is 2.54 bits per heavy atom. The predicted octanol–water partition coefficient (Wildman–Crippen LogP) is 5.75. The molecule has 0 saturated carbocycles. The summed E-state index contributed by atoms with van der Waals surface area (Å²) in [6, 6.07) is 5.47. The number of oxazole rings is 1. The van der Waals surface area contributed by atoms with Gasteiger partial charge in [-0.15, -0.1) is 12.6 Å². The Labute approximate surface area is 168 Å². The van der Waals surface area contributed by atoms with Crippen LogP contribution in [0.25, 0.3) is 22.7 Å². The topological polar surface area (TPSA) is 65.2 Å². The molecule has 28 heavy (non-hydrogen) atoms. The summed E-state index contributed by atoms with van der Waals surface area (Å²) < 4.78 is 48.4. The van der Waals surface area contributed by atoms with Crippen LogP contribution in [-0.4, -0.2) is 27.0 Å². The molecule has 0 aliphatic rings. The molecule has 0 fully saturated rings. The first kappa shape index (κ1) is 20.5. The first-order chi connectivity index (χ1) is 12.9. The molecule has 148 valence electrons. The van der Waals surface area contributed by atoms with Crippen LogP contribution in [0.5, 0.6) is 0 Å². The number of alkyl halides is 3. The molecular weight excluding hydrogens is 413 g/mol. The summed E-state index contributed by atoms with van der Waals surface area (Å²) in [5, 5.41) is 0. The van der Waals surface area contributed by atoms with E-state index >= 15 is 0 Å². The average molecular weight is 428 g/mol. The molecule has 3 rings (SSSR count). The third kappa shape index (κ3) is 4.99. The Morgan fingerprint density at radius 2 is 1.93 bits per heavy atom. The second-order valence-electron chi connectivity index (χ2n) is 6.79. The van der Waals surface area contributed by atoms with Crippen molar-refractivity contribution in [2.75, 3.05) is 0 Å². The molecule has 0 saturated heterocycles. The SMILES string of the molecule is CC(C)(C)OC(=O)c1cnc(-c2nc3cc(SC(F)(F)F)ccc3o2)c(S)c1. The van der Waals surface area contributed by atoms with Crippen molar-refractivity contribution in [2.24, 2.45) is 0 Å². The zero-order chi connectivity index (χ0) is 20.7. The number of fused-ring (bicyclic) bond motifs is 1. The number of aromatic nitrogens is 2. The highest BCUT2D eigenvalue weighted by Gasteiger charge is 2.29. The van der Waals surface area contributed by atoms with Crippen LogP contribution in [0, 0.1) is 0 Å². The molecule has 0 atom stereocenters. The van der Waals surface area contributed by atoms with Crippen molar-refractivity contribution < 1.29 is 27.1 Å². The average Bonchev–Trinajstić information content (AvgIpc) is 2.94. The number of carbonyl (C=O) groups excluding carboxylic acids is 1. The molecule has 10 heteroatoms. The van der Waals surface area contributed by atoms with Gasteiger partial charge in [0.15, 0.2) is 5.58 Å². The van der Waals surface area contributed by atoms with Crippen LogP contribution in [0.4, 0.5) is 13.2 Å². The smallest absolute Gasteiger partial charge is 0.446 e.